The van der Waals surface area contributed by atoms with Crippen LogP contribution in [-0.4, -0.2) is 42.7 Å². The molecule has 1 fully saturated rings. The number of carbonyl (C=O) groups excluding carboxylic acids is 1. The third-order valence-electron chi connectivity index (χ3n) is 3.24. The Kier molecular flexibility index (Phi) is 5.64. The van der Waals surface area contributed by atoms with Crippen LogP contribution in [0, 0.1) is 11.8 Å². The molecule has 112 valence electrons. The normalized spacial score (nSPS) is 24.6. The van der Waals surface area contributed by atoms with Gasteiger partial charge in [-0.2, -0.15) is 13.2 Å². The number of alkyl halides is 3. The lowest BCUT2D eigenvalue weighted by Crippen LogP contribution is -2.47. The zero-order valence-electron chi connectivity index (χ0n) is 11.8. The number of rotatable bonds is 4. The first kappa shape index (κ1) is 16.3. The van der Waals surface area contributed by atoms with Crippen LogP contribution in [0.4, 0.5) is 13.2 Å². The lowest BCUT2D eigenvalue weighted by atomic mass is 9.91. The molecule has 3 nitrogen and oxygen atoms in total. The van der Waals surface area contributed by atoms with E-state index in [1.54, 1.807) is 0 Å². The average molecular weight is 280 g/mol. The van der Waals surface area contributed by atoms with E-state index in [0.717, 1.165) is 4.90 Å². The van der Waals surface area contributed by atoms with Gasteiger partial charge in [-0.15, -0.1) is 0 Å². The van der Waals surface area contributed by atoms with Gasteiger partial charge >= 0.3 is 6.18 Å². The minimum Gasteiger partial charge on any atom is -0.333 e. The van der Waals surface area contributed by atoms with Crippen molar-refractivity contribution in [2.24, 2.45) is 11.8 Å². The minimum absolute atomic E-state index is 0.0328. The highest BCUT2D eigenvalue weighted by Crippen LogP contribution is 2.23. The molecule has 6 heteroatoms. The smallest absolute Gasteiger partial charge is 0.333 e. The number of hydrogen-bond acceptors (Lipinski definition) is 2. The fraction of sp³-hybridized carbons (Fsp3) is 0.923. The Labute approximate surface area is 112 Å². The lowest BCUT2D eigenvalue weighted by molar-refractivity contribution is -0.165. The minimum atomic E-state index is -4.33. The van der Waals surface area contributed by atoms with Gasteiger partial charge in [-0.1, -0.05) is 13.8 Å². The third-order valence-corrected chi connectivity index (χ3v) is 3.24. The largest absolute Gasteiger partial charge is 0.406 e. The van der Waals surface area contributed by atoms with Crippen molar-refractivity contribution >= 4 is 5.91 Å². The van der Waals surface area contributed by atoms with E-state index in [0.29, 0.717) is 19.4 Å². The van der Waals surface area contributed by atoms with Gasteiger partial charge in [0.1, 0.15) is 6.54 Å². The molecule has 19 heavy (non-hydrogen) atoms. The molecule has 1 heterocycles. The van der Waals surface area contributed by atoms with E-state index in [1.165, 1.54) is 0 Å². The van der Waals surface area contributed by atoms with Crippen molar-refractivity contribution < 1.29 is 18.0 Å². The molecule has 2 atom stereocenters. The number of carbonyl (C=O) groups is 1. The summed E-state index contributed by atoms with van der Waals surface area (Å²) in [5.74, 6) is -0.595. The summed E-state index contributed by atoms with van der Waals surface area (Å²) in [5, 5.41) is 3.20. The third kappa shape index (κ3) is 5.80. The molecule has 0 aromatic carbocycles. The Morgan fingerprint density at radius 3 is 2.53 bits per heavy atom. The summed E-state index contributed by atoms with van der Waals surface area (Å²) < 4.78 is 37.7. The fourth-order valence-corrected chi connectivity index (χ4v) is 2.50. The fourth-order valence-electron chi connectivity index (χ4n) is 2.50. The van der Waals surface area contributed by atoms with Crippen LogP contribution >= 0.6 is 0 Å². The van der Waals surface area contributed by atoms with Gasteiger partial charge in [0.2, 0.25) is 5.91 Å². The van der Waals surface area contributed by atoms with Crippen LogP contribution in [0.2, 0.25) is 0 Å². The van der Waals surface area contributed by atoms with Crippen molar-refractivity contribution in [1.82, 2.24) is 10.2 Å². The maximum atomic E-state index is 12.6. The van der Waals surface area contributed by atoms with E-state index in [1.807, 2.05) is 20.8 Å². The molecule has 0 aliphatic carbocycles. The van der Waals surface area contributed by atoms with E-state index in [2.05, 4.69) is 5.32 Å². The van der Waals surface area contributed by atoms with Crippen LogP contribution in [0.5, 0.6) is 0 Å². The molecule has 0 spiro atoms. The van der Waals surface area contributed by atoms with Crippen molar-refractivity contribution in [2.45, 2.75) is 45.8 Å². The van der Waals surface area contributed by atoms with Gasteiger partial charge in [0, 0.05) is 18.5 Å². The molecule has 0 radical (unpaired) electrons. The molecule has 0 aromatic heterocycles. The van der Waals surface area contributed by atoms with Gasteiger partial charge in [-0.3, -0.25) is 4.79 Å². The molecule has 1 aliphatic heterocycles. The second kappa shape index (κ2) is 6.59. The highest BCUT2D eigenvalue weighted by atomic mass is 19.4. The SMILES string of the molecule is CC(C)CN(CC(F)(F)F)C(=O)C1CCNC(C)C1. The van der Waals surface area contributed by atoms with E-state index < -0.39 is 12.7 Å². The highest BCUT2D eigenvalue weighted by molar-refractivity contribution is 5.79. The standard InChI is InChI=1S/C13H23F3N2O/c1-9(2)7-18(8-13(14,15)16)12(19)11-4-5-17-10(3)6-11/h9-11,17H,4-8H2,1-3H3. The summed E-state index contributed by atoms with van der Waals surface area (Å²) in [6, 6.07) is 0.189. The lowest BCUT2D eigenvalue weighted by Gasteiger charge is -2.33. The van der Waals surface area contributed by atoms with Crippen LogP contribution in [0.15, 0.2) is 0 Å². The van der Waals surface area contributed by atoms with Gasteiger partial charge in [0.05, 0.1) is 0 Å². The molecule has 1 rings (SSSR count). The molecule has 0 aromatic rings. The zero-order valence-corrected chi connectivity index (χ0v) is 11.8. The number of nitrogens with one attached hydrogen (secondary N) is 1. The molecule has 1 amide bonds. The summed E-state index contributed by atoms with van der Waals surface area (Å²) in [6.45, 7) is 5.32. The van der Waals surface area contributed by atoms with Crippen molar-refractivity contribution in [3.05, 3.63) is 0 Å². The summed E-state index contributed by atoms with van der Waals surface area (Å²) in [6.07, 6.45) is -3.09. The van der Waals surface area contributed by atoms with Crippen LogP contribution in [0.1, 0.15) is 33.6 Å². The Balaban J connectivity index is 2.69. The number of halogens is 3. The Hall–Kier alpha value is -0.780. The summed E-state index contributed by atoms with van der Waals surface area (Å²) in [7, 11) is 0. The molecule has 1 saturated heterocycles. The van der Waals surface area contributed by atoms with Crippen LogP contribution < -0.4 is 5.32 Å². The van der Waals surface area contributed by atoms with E-state index in [9.17, 15) is 18.0 Å². The second-order valence-electron chi connectivity index (χ2n) is 5.80. The van der Waals surface area contributed by atoms with Gasteiger partial charge in [-0.05, 0) is 32.2 Å². The predicted molar refractivity (Wildman–Crippen MR) is 67.7 cm³/mol. The summed E-state index contributed by atoms with van der Waals surface area (Å²) in [5.41, 5.74) is 0. The molecule has 1 aliphatic rings. The van der Waals surface area contributed by atoms with E-state index in [4.69, 9.17) is 0 Å². The monoisotopic (exact) mass is 280 g/mol. The molecule has 1 N–H and O–H groups in total. The predicted octanol–water partition coefficient (Wildman–Crippen LogP) is 2.42. The summed E-state index contributed by atoms with van der Waals surface area (Å²) >= 11 is 0. The number of amides is 1. The first-order valence-electron chi connectivity index (χ1n) is 6.78. The second-order valence-corrected chi connectivity index (χ2v) is 5.80. The van der Waals surface area contributed by atoms with Gasteiger partial charge in [0.15, 0.2) is 0 Å². The average Bonchev–Trinajstić information content (AvgIpc) is 2.24. The number of nitrogens with zero attached hydrogens (tertiary/aromatic N) is 1. The van der Waals surface area contributed by atoms with Crippen molar-refractivity contribution in [3.8, 4) is 0 Å². The van der Waals surface area contributed by atoms with Gasteiger partial charge in [-0.25, -0.2) is 0 Å². The van der Waals surface area contributed by atoms with E-state index >= 15 is 0 Å². The van der Waals surface area contributed by atoms with Crippen LogP contribution in [0.25, 0.3) is 0 Å². The molecule has 0 saturated carbocycles. The number of hydrogen-bond donors (Lipinski definition) is 1. The first-order chi connectivity index (χ1) is 8.69. The Morgan fingerprint density at radius 2 is 2.05 bits per heavy atom. The van der Waals surface area contributed by atoms with Gasteiger partial charge in [0.25, 0.3) is 0 Å². The highest BCUT2D eigenvalue weighted by Gasteiger charge is 2.36. The molecular weight excluding hydrogens is 257 g/mol. The van der Waals surface area contributed by atoms with E-state index in [-0.39, 0.29) is 30.3 Å². The zero-order chi connectivity index (χ0) is 14.6. The van der Waals surface area contributed by atoms with Gasteiger partial charge < -0.3 is 10.2 Å². The molecular formula is C13H23F3N2O. The van der Waals surface area contributed by atoms with Crippen molar-refractivity contribution in [3.63, 3.8) is 0 Å². The first-order valence-corrected chi connectivity index (χ1v) is 6.78. The van der Waals surface area contributed by atoms with Crippen molar-refractivity contribution in [1.29, 1.82) is 0 Å². The molecule has 0 bridgehead atoms. The number of piperidine rings is 1. The Bertz CT molecular complexity index is 305. The Morgan fingerprint density at radius 1 is 1.42 bits per heavy atom. The van der Waals surface area contributed by atoms with Crippen LogP contribution in [0.3, 0.4) is 0 Å². The van der Waals surface area contributed by atoms with Crippen LogP contribution in [-0.2, 0) is 4.79 Å². The van der Waals surface area contributed by atoms with Crippen molar-refractivity contribution in [2.75, 3.05) is 19.6 Å². The maximum absolute atomic E-state index is 12.6. The maximum Gasteiger partial charge on any atom is 0.406 e. The summed E-state index contributed by atoms with van der Waals surface area (Å²) in [4.78, 5) is 13.2. The topological polar surface area (TPSA) is 32.3 Å². The molecule has 2 unspecified atom stereocenters. The quantitative estimate of drug-likeness (QED) is 0.857.